The van der Waals surface area contributed by atoms with E-state index in [1.165, 1.54) is 31.7 Å². The normalized spacial score (nSPS) is 18.2. The third-order valence-corrected chi connectivity index (χ3v) is 3.92. The third-order valence-electron chi connectivity index (χ3n) is 3.92. The van der Waals surface area contributed by atoms with Gasteiger partial charge in [0.15, 0.2) is 0 Å². The largest absolute Gasteiger partial charge is 0.573 e. The van der Waals surface area contributed by atoms with E-state index in [0.717, 1.165) is 0 Å². The number of rotatable bonds is 5. The minimum Gasteiger partial charge on any atom is -0.405 e. The van der Waals surface area contributed by atoms with Gasteiger partial charge in [-0.2, -0.15) is 0 Å². The Hall–Kier alpha value is -1.23. The van der Waals surface area contributed by atoms with Gasteiger partial charge in [0.1, 0.15) is 5.75 Å². The lowest BCUT2D eigenvalue weighted by Crippen LogP contribution is -2.32. The topological polar surface area (TPSA) is 21.3 Å². The number of halogens is 3. The summed E-state index contributed by atoms with van der Waals surface area (Å²) in [7, 11) is 0. The minimum absolute atomic E-state index is 0.119. The number of ether oxygens (including phenoxy) is 1. The fraction of sp³-hybridized carbons (Fsp3) is 0.600. The quantitative estimate of drug-likeness (QED) is 0.874. The van der Waals surface area contributed by atoms with Gasteiger partial charge in [-0.3, -0.25) is 0 Å². The molecule has 1 aliphatic carbocycles. The van der Waals surface area contributed by atoms with Gasteiger partial charge in [0, 0.05) is 18.2 Å². The summed E-state index contributed by atoms with van der Waals surface area (Å²) in [4.78, 5) is 0. The summed E-state index contributed by atoms with van der Waals surface area (Å²) in [5, 5.41) is 3.32. The Morgan fingerprint density at radius 2 is 1.90 bits per heavy atom. The second-order valence-electron chi connectivity index (χ2n) is 5.37. The fourth-order valence-corrected chi connectivity index (χ4v) is 2.77. The lowest BCUT2D eigenvalue weighted by atomic mass is 9.99. The zero-order valence-electron chi connectivity index (χ0n) is 11.5. The fourth-order valence-electron chi connectivity index (χ4n) is 2.77. The highest BCUT2D eigenvalue weighted by Gasteiger charge is 2.32. The molecule has 0 amide bonds. The van der Waals surface area contributed by atoms with Crippen LogP contribution in [-0.4, -0.2) is 12.4 Å². The van der Waals surface area contributed by atoms with Gasteiger partial charge in [0.25, 0.3) is 0 Å². The molecule has 5 heteroatoms. The van der Waals surface area contributed by atoms with Crippen molar-refractivity contribution in [2.45, 2.75) is 51.6 Å². The molecule has 20 heavy (non-hydrogen) atoms. The maximum Gasteiger partial charge on any atom is 0.573 e. The molecule has 2 nitrogen and oxygen atoms in total. The van der Waals surface area contributed by atoms with Crippen LogP contribution in [0.4, 0.5) is 13.2 Å². The van der Waals surface area contributed by atoms with Crippen LogP contribution in [0.2, 0.25) is 0 Å². The second-order valence-corrected chi connectivity index (χ2v) is 5.37. The Labute approximate surface area is 117 Å². The van der Waals surface area contributed by atoms with Crippen molar-refractivity contribution in [2.75, 3.05) is 0 Å². The third kappa shape index (κ3) is 4.40. The van der Waals surface area contributed by atoms with Crippen LogP contribution in [0.15, 0.2) is 24.3 Å². The molecule has 0 radical (unpaired) electrons. The van der Waals surface area contributed by atoms with Crippen LogP contribution >= 0.6 is 0 Å². The van der Waals surface area contributed by atoms with Crippen molar-refractivity contribution < 1.29 is 17.9 Å². The second kappa shape index (κ2) is 6.48. The first-order chi connectivity index (χ1) is 9.46. The zero-order valence-corrected chi connectivity index (χ0v) is 11.5. The molecule has 0 unspecified atom stereocenters. The summed E-state index contributed by atoms with van der Waals surface area (Å²) in [6, 6.07) is 6.60. The van der Waals surface area contributed by atoms with Crippen LogP contribution in [0.1, 0.15) is 38.2 Å². The van der Waals surface area contributed by atoms with E-state index >= 15 is 0 Å². The van der Waals surface area contributed by atoms with Gasteiger partial charge >= 0.3 is 6.36 Å². The molecule has 1 fully saturated rings. The number of nitrogens with one attached hydrogen (secondary N) is 1. The Balaban J connectivity index is 1.94. The molecule has 1 aliphatic rings. The molecule has 0 spiro atoms. The molecule has 1 aromatic carbocycles. The monoisotopic (exact) mass is 287 g/mol. The molecule has 1 aromatic rings. The first-order valence-corrected chi connectivity index (χ1v) is 7.03. The highest BCUT2D eigenvalue weighted by Crippen LogP contribution is 2.29. The molecule has 2 rings (SSSR count). The molecule has 0 bridgehead atoms. The molecule has 0 aliphatic heterocycles. The molecule has 0 heterocycles. The van der Waals surface area contributed by atoms with E-state index in [1.54, 1.807) is 18.2 Å². The molecule has 1 saturated carbocycles. The number of alkyl halides is 3. The lowest BCUT2D eigenvalue weighted by Gasteiger charge is -2.21. The number of benzene rings is 1. The highest BCUT2D eigenvalue weighted by molar-refractivity contribution is 5.33. The van der Waals surface area contributed by atoms with Crippen LogP contribution in [0.5, 0.6) is 5.75 Å². The van der Waals surface area contributed by atoms with Crippen molar-refractivity contribution in [3.05, 3.63) is 29.8 Å². The maximum absolute atomic E-state index is 12.3. The summed E-state index contributed by atoms with van der Waals surface area (Å²) in [5.41, 5.74) is 0.537. The Kier molecular flexibility index (Phi) is 4.91. The first-order valence-electron chi connectivity index (χ1n) is 7.03. The highest BCUT2D eigenvalue weighted by atomic mass is 19.4. The molecule has 112 valence electrons. The summed E-state index contributed by atoms with van der Waals surface area (Å²) in [5.74, 6) is 0.511. The molecule has 1 N–H and O–H groups in total. The smallest absolute Gasteiger partial charge is 0.405 e. The number of hydrogen-bond acceptors (Lipinski definition) is 2. The van der Waals surface area contributed by atoms with Crippen molar-refractivity contribution in [1.82, 2.24) is 5.32 Å². The van der Waals surface area contributed by atoms with E-state index in [-0.39, 0.29) is 5.75 Å². The average molecular weight is 287 g/mol. The summed E-state index contributed by atoms with van der Waals surface area (Å²) in [6.07, 6.45) is 0.270. The van der Waals surface area contributed by atoms with Gasteiger partial charge in [-0.1, -0.05) is 31.0 Å². The maximum atomic E-state index is 12.3. The predicted octanol–water partition coefficient (Wildman–Crippen LogP) is 4.25. The Morgan fingerprint density at radius 3 is 2.55 bits per heavy atom. The molecular weight excluding hydrogens is 267 g/mol. The summed E-state index contributed by atoms with van der Waals surface area (Å²) < 4.78 is 41.0. The molecular formula is C15H20F3NO. The summed E-state index contributed by atoms with van der Waals surface area (Å²) in [6.45, 7) is 2.49. The summed E-state index contributed by atoms with van der Waals surface area (Å²) >= 11 is 0. The van der Waals surface area contributed by atoms with Crippen LogP contribution in [-0.2, 0) is 6.54 Å². The van der Waals surface area contributed by atoms with E-state index in [9.17, 15) is 13.2 Å². The van der Waals surface area contributed by atoms with Gasteiger partial charge in [-0.25, -0.2) is 0 Å². The van der Waals surface area contributed by atoms with Gasteiger partial charge in [0.2, 0.25) is 0 Å². The SMILES string of the molecule is C[C@H](NCc1ccccc1OC(F)(F)F)C1CCCC1. The van der Waals surface area contributed by atoms with E-state index in [2.05, 4.69) is 17.0 Å². The lowest BCUT2D eigenvalue weighted by molar-refractivity contribution is -0.274. The van der Waals surface area contributed by atoms with Crippen molar-refractivity contribution >= 4 is 0 Å². The van der Waals surface area contributed by atoms with Crippen LogP contribution in [0, 0.1) is 5.92 Å². The van der Waals surface area contributed by atoms with E-state index < -0.39 is 6.36 Å². The molecule has 1 atom stereocenters. The predicted molar refractivity (Wildman–Crippen MR) is 71.4 cm³/mol. The number of hydrogen-bond donors (Lipinski definition) is 1. The Morgan fingerprint density at radius 1 is 1.25 bits per heavy atom. The number of para-hydroxylation sites is 1. The zero-order chi connectivity index (χ0) is 14.6. The minimum atomic E-state index is -4.65. The van der Waals surface area contributed by atoms with Gasteiger partial charge < -0.3 is 10.1 Å². The Bertz CT molecular complexity index is 427. The standard InChI is InChI=1S/C15H20F3NO/c1-11(12-6-2-3-7-12)19-10-13-8-4-5-9-14(13)20-15(16,17)18/h4-5,8-9,11-12,19H,2-3,6-7,10H2,1H3/t11-/m0/s1. The van der Waals surface area contributed by atoms with E-state index in [0.29, 0.717) is 24.1 Å². The van der Waals surface area contributed by atoms with Gasteiger partial charge in [0.05, 0.1) is 0 Å². The van der Waals surface area contributed by atoms with Crippen LogP contribution in [0.3, 0.4) is 0 Å². The first kappa shape index (κ1) is 15.2. The van der Waals surface area contributed by atoms with Gasteiger partial charge in [-0.05, 0) is 31.7 Å². The molecule has 0 aromatic heterocycles. The van der Waals surface area contributed by atoms with Crippen LogP contribution in [0.25, 0.3) is 0 Å². The van der Waals surface area contributed by atoms with Crippen molar-refractivity contribution in [2.24, 2.45) is 5.92 Å². The van der Waals surface area contributed by atoms with Gasteiger partial charge in [-0.15, -0.1) is 13.2 Å². The van der Waals surface area contributed by atoms with Crippen molar-refractivity contribution in [3.8, 4) is 5.75 Å². The molecule has 0 saturated heterocycles. The van der Waals surface area contributed by atoms with E-state index in [1.807, 2.05) is 0 Å². The van der Waals surface area contributed by atoms with Crippen molar-refractivity contribution in [3.63, 3.8) is 0 Å². The van der Waals surface area contributed by atoms with Crippen molar-refractivity contribution in [1.29, 1.82) is 0 Å². The average Bonchev–Trinajstić information content (AvgIpc) is 2.89. The van der Waals surface area contributed by atoms with E-state index in [4.69, 9.17) is 0 Å². The van der Waals surface area contributed by atoms with Crippen LogP contribution < -0.4 is 10.1 Å².